The zero-order valence-electron chi connectivity index (χ0n) is 11.8. The number of aliphatic hydroxyl groups is 1. The lowest BCUT2D eigenvalue weighted by atomic mass is 9.90. The summed E-state index contributed by atoms with van der Waals surface area (Å²) < 4.78 is 15.2. The van der Waals surface area contributed by atoms with Crippen LogP contribution in [0.1, 0.15) is 23.7 Å². The summed E-state index contributed by atoms with van der Waals surface area (Å²) in [5.41, 5.74) is 0.997. The lowest BCUT2D eigenvalue weighted by Crippen LogP contribution is -2.30. The number of halogens is 2. The van der Waals surface area contributed by atoms with Gasteiger partial charge in [-0.1, -0.05) is 29.8 Å². The van der Waals surface area contributed by atoms with Gasteiger partial charge in [0, 0.05) is 25.5 Å². The van der Waals surface area contributed by atoms with Crippen molar-refractivity contribution in [1.29, 1.82) is 0 Å². The molecule has 0 aliphatic carbocycles. The van der Waals surface area contributed by atoms with E-state index >= 15 is 0 Å². The van der Waals surface area contributed by atoms with Crippen molar-refractivity contribution >= 4 is 11.6 Å². The summed E-state index contributed by atoms with van der Waals surface area (Å²) in [6.07, 6.45) is 0.560. The molecule has 0 saturated heterocycles. The largest absolute Gasteiger partial charge is 0.389 e. The van der Waals surface area contributed by atoms with Gasteiger partial charge in [-0.3, -0.25) is 4.68 Å². The molecular weight excluding hydrogens is 279 g/mol. The average Bonchev–Trinajstić information content (AvgIpc) is 2.58. The maximum absolute atomic E-state index is 13.7. The molecule has 1 aromatic carbocycles. The lowest BCUT2D eigenvalue weighted by Gasteiger charge is -2.23. The van der Waals surface area contributed by atoms with E-state index in [0.29, 0.717) is 17.1 Å². The Morgan fingerprint density at radius 1 is 1.35 bits per heavy atom. The minimum Gasteiger partial charge on any atom is -0.389 e. The number of hydrogen-bond acceptors (Lipinski definition) is 2. The van der Waals surface area contributed by atoms with Crippen LogP contribution in [0.3, 0.4) is 0 Å². The van der Waals surface area contributed by atoms with Crippen LogP contribution in [0.15, 0.2) is 24.3 Å². The SMILES string of the molecule is Cc1nn(C)c(Cl)c1CC(C)(O)Cc1ccccc1F. The minimum atomic E-state index is -1.08. The Labute approximate surface area is 123 Å². The number of rotatable bonds is 4. The second-order valence-corrected chi connectivity index (χ2v) is 5.78. The highest BCUT2D eigenvalue weighted by Gasteiger charge is 2.26. The molecule has 0 spiro atoms. The van der Waals surface area contributed by atoms with Gasteiger partial charge in [0.05, 0.1) is 11.3 Å². The van der Waals surface area contributed by atoms with Crippen molar-refractivity contribution in [1.82, 2.24) is 9.78 Å². The normalized spacial score (nSPS) is 14.3. The van der Waals surface area contributed by atoms with E-state index in [0.717, 1.165) is 11.3 Å². The topological polar surface area (TPSA) is 38.0 Å². The van der Waals surface area contributed by atoms with Crippen LogP contribution < -0.4 is 0 Å². The molecule has 0 bridgehead atoms. The van der Waals surface area contributed by atoms with Crippen LogP contribution in [0.5, 0.6) is 0 Å². The van der Waals surface area contributed by atoms with Gasteiger partial charge in [0.1, 0.15) is 11.0 Å². The molecule has 1 N–H and O–H groups in total. The van der Waals surface area contributed by atoms with Crippen molar-refractivity contribution in [2.24, 2.45) is 7.05 Å². The summed E-state index contributed by atoms with van der Waals surface area (Å²) >= 11 is 6.17. The van der Waals surface area contributed by atoms with E-state index < -0.39 is 5.60 Å². The molecule has 1 unspecified atom stereocenters. The number of aromatic nitrogens is 2. The molecule has 5 heteroatoms. The molecule has 2 rings (SSSR count). The summed E-state index contributed by atoms with van der Waals surface area (Å²) in [7, 11) is 1.75. The van der Waals surface area contributed by atoms with E-state index in [-0.39, 0.29) is 12.2 Å². The van der Waals surface area contributed by atoms with Gasteiger partial charge in [-0.05, 0) is 25.5 Å². The van der Waals surface area contributed by atoms with Gasteiger partial charge in [0.25, 0.3) is 0 Å². The third-order valence-corrected chi connectivity index (χ3v) is 3.83. The van der Waals surface area contributed by atoms with Crippen LogP contribution in [0.2, 0.25) is 5.15 Å². The van der Waals surface area contributed by atoms with Crippen LogP contribution >= 0.6 is 11.6 Å². The lowest BCUT2D eigenvalue weighted by molar-refractivity contribution is 0.0598. The fraction of sp³-hybridized carbons (Fsp3) is 0.400. The summed E-state index contributed by atoms with van der Waals surface area (Å²) in [5.74, 6) is -0.304. The Hall–Kier alpha value is -1.39. The van der Waals surface area contributed by atoms with E-state index in [1.165, 1.54) is 6.07 Å². The van der Waals surface area contributed by atoms with Gasteiger partial charge in [-0.2, -0.15) is 5.10 Å². The zero-order chi connectivity index (χ0) is 14.9. The van der Waals surface area contributed by atoms with Gasteiger partial charge >= 0.3 is 0 Å². The Morgan fingerprint density at radius 2 is 2.00 bits per heavy atom. The third kappa shape index (κ3) is 3.19. The van der Waals surface area contributed by atoms with Gasteiger partial charge < -0.3 is 5.11 Å². The van der Waals surface area contributed by atoms with Crippen LogP contribution in [0.25, 0.3) is 0 Å². The van der Waals surface area contributed by atoms with Crippen molar-refractivity contribution in [3.63, 3.8) is 0 Å². The fourth-order valence-corrected chi connectivity index (χ4v) is 2.61. The predicted octanol–water partition coefficient (Wildman–Crippen LogP) is 3.06. The second kappa shape index (κ2) is 5.54. The second-order valence-electron chi connectivity index (χ2n) is 5.42. The highest BCUT2D eigenvalue weighted by atomic mass is 35.5. The van der Waals surface area contributed by atoms with Crippen LogP contribution in [-0.2, 0) is 19.9 Å². The van der Waals surface area contributed by atoms with E-state index in [4.69, 9.17) is 11.6 Å². The molecule has 1 atom stereocenters. The molecule has 0 radical (unpaired) electrons. The van der Waals surface area contributed by atoms with Crippen molar-refractivity contribution < 1.29 is 9.50 Å². The highest BCUT2D eigenvalue weighted by molar-refractivity contribution is 6.30. The Morgan fingerprint density at radius 3 is 2.55 bits per heavy atom. The van der Waals surface area contributed by atoms with Crippen molar-refractivity contribution in [3.05, 3.63) is 52.1 Å². The van der Waals surface area contributed by atoms with Crippen LogP contribution in [0.4, 0.5) is 4.39 Å². The first-order valence-electron chi connectivity index (χ1n) is 6.44. The average molecular weight is 297 g/mol. The molecule has 0 aliphatic heterocycles. The fourth-order valence-electron chi connectivity index (χ4n) is 2.37. The molecule has 2 aromatic rings. The van der Waals surface area contributed by atoms with E-state index in [1.807, 2.05) is 6.92 Å². The molecule has 0 saturated carbocycles. The smallest absolute Gasteiger partial charge is 0.130 e. The van der Waals surface area contributed by atoms with Gasteiger partial charge in [-0.25, -0.2) is 4.39 Å². The zero-order valence-corrected chi connectivity index (χ0v) is 12.6. The van der Waals surface area contributed by atoms with Crippen LogP contribution in [-0.4, -0.2) is 20.5 Å². The molecule has 1 aromatic heterocycles. The van der Waals surface area contributed by atoms with Crippen molar-refractivity contribution in [2.75, 3.05) is 0 Å². The van der Waals surface area contributed by atoms with E-state index in [1.54, 1.807) is 36.9 Å². The van der Waals surface area contributed by atoms with Gasteiger partial charge in [0.15, 0.2) is 0 Å². The number of nitrogens with zero attached hydrogens (tertiary/aromatic N) is 2. The number of benzene rings is 1. The van der Waals surface area contributed by atoms with Crippen LogP contribution in [0, 0.1) is 12.7 Å². The maximum atomic E-state index is 13.7. The molecule has 20 heavy (non-hydrogen) atoms. The number of aryl methyl sites for hydroxylation is 2. The van der Waals surface area contributed by atoms with Gasteiger partial charge in [0.2, 0.25) is 0 Å². The first-order valence-corrected chi connectivity index (χ1v) is 6.82. The van der Waals surface area contributed by atoms with Crippen molar-refractivity contribution in [3.8, 4) is 0 Å². The third-order valence-electron chi connectivity index (χ3n) is 3.36. The van der Waals surface area contributed by atoms with E-state index in [9.17, 15) is 9.50 Å². The first-order chi connectivity index (χ1) is 9.30. The molecule has 1 heterocycles. The molecule has 3 nitrogen and oxygen atoms in total. The van der Waals surface area contributed by atoms with Crippen molar-refractivity contribution in [2.45, 2.75) is 32.3 Å². The molecule has 0 fully saturated rings. The summed E-state index contributed by atoms with van der Waals surface area (Å²) in [5, 5.41) is 15.3. The Bertz CT molecular complexity index is 622. The maximum Gasteiger partial charge on any atom is 0.130 e. The monoisotopic (exact) mass is 296 g/mol. The first kappa shape index (κ1) is 15.0. The minimum absolute atomic E-state index is 0.227. The summed E-state index contributed by atoms with van der Waals surface area (Å²) in [6.45, 7) is 3.53. The predicted molar refractivity (Wildman–Crippen MR) is 77.4 cm³/mol. The Kier molecular flexibility index (Phi) is 4.16. The quantitative estimate of drug-likeness (QED) is 0.941. The number of hydrogen-bond donors (Lipinski definition) is 1. The molecule has 0 amide bonds. The standard InChI is InChI=1S/C15H18ClFN2O/c1-10-12(14(16)19(3)18-10)9-15(2,20)8-11-6-4-5-7-13(11)17/h4-7,20H,8-9H2,1-3H3. The highest BCUT2D eigenvalue weighted by Crippen LogP contribution is 2.26. The van der Waals surface area contributed by atoms with E-state index in [2.05, 4.69) is 5.10 Å². The summed E-state index contributed by atoms with van der Waals surface area (Å²) in [4.78, 5) is 0. The molecule has 0 aliphatic rings. The van der Waals surface area contributed by atoms with Gasteiger partial charge in [-0.15, -0.1) is 0 Å². The summed E-state index contributed by atoms with van der Waals surface area (Å²) in [6, 6.07) is 6.47. The molecular formula is C15H18ClFN2O. The Balaban J connectivity index is 2.21. The molecule has 108 valence electrons.